The number of benzene rings is 1. The first-order valence-corrected chi connectivity index (χ1v) is 4.97. The lowest BCUT2D eigenvalue weighted by Gasteiger charge is -2.06. The Balaban J connectivity index is 2.75. The molecule has 0 saturated carbocycles. The van der Waals surface area contributed by atoms with Crippen LogP contribution in [0.15, 0.2) is 18.2 Å². The van der Waals surface area contributed by atoms with Gasteiger partial charge in [0.1, 0.15) is 12.4 Å². The van der Waals surface area contributed by atoms with Crippen LogP contribution in [0.4, 0.5) is 0 Å². The third-order valence-electron chi connectivity index (χ3n) is 1.27. The number of rotatable bonds is 3. The van der Waals surface area contributed by atoms with E-state index in [1.54, 1.807) is 6.07 Å². The quantitative estimate of drug-likeness (QED) is 0.869. The van der Waals surface area contributed by atoms with Crippen molar-refractivity contribution in [1.29, 1.82) is 0 Å². The van der Waals surface area contributed by atoms with Gasteiger partial charge in [0.2, 0.25) is 0 Å². The van der Waals surface area contributed by atoms with Crippen molar-refractivity contribution < 1.29 is 4.74 Å². The van der Waals surface area contributed by atoms with E-state index in [-0.39, 0.29) is 0 Å². The first-order valence-electron chi connectivity index (χ1n) is 3.52. The number of ether oxygens (including phenoxy) is 1. The molecular formula is C8H9ClINO. The minimum absolute atomic E-state index is 0.516. The zero-order valence-corrected chi connectivity index (χ0v) is 9.30. The molecule has 1 aromatic rings. The van der Waals surface area contributed by atoms with E-state index in [0.717, 1.165) is 9.32 Å². The summed E-state index contributed by atoms with van der Waals surface area (Å²) in [6.45, 7) is 1.04. The highest BCUT2D eigenvalue weighted by Crippen LogP contribution is 2.24. The van der Waals surface area contributed by atoms with Crippen molar-refractivity contribution >= 4 is 34.2 Å². The Hall–Kier alpha value is -0.000000000000000111. The van der Waals surface area contributed by atoms with E-state index in [9.17, 15) is 0 Å². The zero-order valence-electron chi connectivity index (χ0n) is 6.39. The lowest BCUT2D eigenvalue weighted by atomic mass is 10.3. The lowest BCUT2D eigenvalue weighted by Crippen LogP contribution is -2.11. The summed E-state index contributed by atoms with van der Waals surface area (Å²) < 4.78 is 6.40. The van der Waals surface area contributed by atoms with Gasteiger partial charge in [-0.15, -0.1) is 0 Å². The molecule has 0 heterocycles. The highest BCUT2D eigenvalue weighted by atomic mass is 127. The maximum absolute atomic E-state index is 5.78. The van der Waals surface area contributed by atoms with E-state index in [1.165, 1.54) is 0 Å². The second-order valence-electron chi connectivity index (χ2n) is 2.21. The highest BCUT2D eigenvalue weighted by molar-refractivity contribution is 14.1. The summed E-state index contributed by atoms with van der Waals surface area (Å²) in [6.07, 6.45) is 0. The monoisotopic (exact) mass is 297 g/mol. The third kappa shape index (κ3) is 2.80. The first kappa shape index (κ1) is 10.1. The van der Waals surface area contributed by atoms with Crippen LogP contribution in [0.5, 0.6) is 5.75 Å². The Kier molecular flexibility index (Phi) is 4.11. The smallest absolute Gasteiger partial charge is 0.134 e. The molecule has 1 rings (SSSR count). The maximum atomic E-state index is 5.78. The van der Waals surface area contributed by atoms with Crippen LogP contribution in [-0.4, -0.2) is 13.2 Å². The standard InChI is InChI=1S/C8H9ClINO/c9-6-1-2-7(10)8(5-6)12-4-3-11/h1-2,5H,3-4,11H2. The molecule has 12 heavy (non-hydrogen) atoms. The second kappa shape index (κ2) is 4.89. The average molecular weight is 298 g/mol. The minimum atomic E-state index is 0.516. The Bertz CT molecular complexity index is 267. The van der Waals surface area contributed by atoms with Crippen LogP contribution in [0.1, 0.15) is 0 Å². The van der Waals surface area contributed by atoms with Gasteiger partial charge in [-0.3, -0.25) is 0 Å². The molecule has 0 amide bonds. The Morgan fingerprint density at radius 3 is 2.92 bits per heavy atom. The van der Waals surface area contributed by atoms with E-state index in [2.05, 4.69) is 22.6 Å². The van der Waals surface area contributed by atoms with Crippen LogP contribution >= 0.6 is 34.2 Å². The fourth-order valence-electron chi connectivity index (χ4n) is 0.757. The van der Waals surface area contributed by atoms with Gasteiger partial charge in [-0.2, -0.15) is 0 Å². The van der Waals surface area contributed by atoms with Gasteiger partial charge in [0.15, 0.2) is 0 Å². The molecular weight excluding hydrogens is 288 g/mol. The third-order valence-corrected chi connectivity index (χ3v) is 2.39. The molecule has 0 saturated heterocycles. The minimum Gasteiger partial charge on any atom is -0.491 e. The van der Waals surface area contributed by atoms with Crippen LogP contribution in [0.2, 0.25) is 5.02 Å². The summed E-state index contributed by atoms with van der Waals surface area (Å²) in [4.78, 5) is 0. The van der Waals surface area contributed by atoms with Crippen LogP contribution < -0.4 is 10.5 Å². The lowest BCUT2D eigenvalue weighted by molar-refractivity contribution is 0.326. The molecule has 4 heteroatoms. The van der Waals surface area contributed by atoms with Gasteiger partial charge < -0.3 is 10.5 Å². The van der Waals surface area contributed by atoms with Gasteiger partial charge in [-0.25, -0.2) is 0 Å². The molecule has 0 aliphatic heterocycles. The summed E-state index contributed by atoms with van der Waals surface area (Å²) in [6, 6.07) is 5.53. The predicted octanol–water partition coefficient (Wildman–Crippen LogP) is 2.28. The first-order chi connectivity index (χ1) is 5.74. The number of nitrogens with two attached hydrogens (primary N) is 1. The number of hydrogen-bond acceptors (Lipinski definition) is 2. The molecule has 0 aliphatic rings. The van der Waals surface area contributed by atoms with Gasteiger partial charge in [0.25, 0.3) is 0 Å². The van der Waals surface area contributed by atoms with Gasteiger partial charge in [-0.1, -0.05) is 11.6 Å². The van der Waals surface area contributed by atoms with E-state index in [1.807, 2.05) is 12.1 Å². The molecule has 0 bridgehead atoms. The summed E-state index contributed by atoms with van der Waals surface area (Å²) in [5.74, 6) is 0.800. The molecule has 0 spiro atoms. The molecule has 2 nitrogen and oxygen atoms in total. The van der Waals surface area contributed by atoms with Crippen molar-refractivity contribution in [2.75, 3.05) is 13.2 Å². The molecule has 0 fully saturated rings. The summed E-state index contributed by atoms with van der Waals surface area (Å²) in [7, 11) is 0. The van der Waals surface area contributed by atoms with E-state index in [0.29, 0.717) is 18.2 Å². The van der Waals surface area contributed by atoms with Crippen LogP contribution in [0, 0.1) is 3.57 Å². The fraction of sp³-hybridized carbons (Fsp3) is 0.250. The van der Waals surface area contributed by atoms with Crippen molar-refractivity contribution in [2.45, 2.75) is 0 Å². The molecule has 1 aromatic carbocycles. The van der Waals surface area contributed by atoms with Crippen molar-refractivity contribution in [2.24, 2.45) is 5.73 Å². The Labute approximate surface area is 90.2 Å². The highest BCUT2D eigenvalue weighted by Gasteiger charge is 2.00. The van der Waals surface area contributed by atoms with E-state index in [4.69, 9.17) is 22.1 Å². The van der Waals surface area contributed by atoms with Crippen molar-refractivity contribution in [1.82, 2.24) is 0 Å². The predicted molar refractivity (Wildman–Crippen MR) is 58.7 cm³/mol. The maximum Gasteiger partial charge on any atom is 0.134 e. The SMILES string of the molecule is NCCOc1cc(Cl)ccc1I. The summed E-state index contributed by atoms with van der Waals surface area (Å²) in [5.41, 5.74) is 5.30. The van der Waals surface area contributed by atoms with Gasteiger partial charge in [-0.05, 0) is 40.8 Å². The Morgan fingerprint density at radius 1 is 1.50 bits per heavy atom. The fourth-order valence-corrected chi connectivity index (χ4v) is 1.41. The van der Waals surface area contributed by atoms with Crippen LogP contribution in [-0.2, 0) is 0 Å². The van der Waals surface area contributed by atoms with Gasteiger partial charge >= 0.3 is 0 Å². The van der Waals surface area contributed by atoms with Gasteiger partial charge in [0, 0.05) is 11.6 Å². The van der Waals surface area contributed by atoms with E-state index >= 15 is 0 Å². The molecule has 0 aromatic heterocycles. The van der Waals surface area contributed by atoms with Crippen molar-refractivity contribution in [3.8, 4) is 5.75 Å². The topological polar surface area (TPSA) is 35.2 Å². The zero-order chi connectivity index (χ0) is 8.97. The van der Waals surface area contributed by atoms with Crippen LogP contribution in [0.3, 0.4) is 0 Å². The number of hydrogen-bond donors (Lipinski definition) is 1. The van der Waals surface area contributed by atoms with E-state index < -0.39 is 0 Å². The number of halogens is 2. The summed E-state index contributed by atoms with van der Waals surface area (Å²) >= 11 is 7.97. The second-order valence-corrected chi connectivity index (χ2v) is 3.81. The molecule has 0 radical (unpaired) electrons. The summed E-state index contributed by atoms with van der Waals surface area (Å²) in [5, 5.41) is 0.683. The van der Waals surface area contributed by atoms with Gasteiger partial charge in [0.05, 0.1) is 3.57 Å². The molecule has 0 atom stereocenters. The molecule has 66 valence electrons. The molecule has 2 N–H and O–H groups in total. The Morgan fingerprint density at radius 2 is 2.25 bits per heavy atom. The largest absolute Gasteiger partial charge is 0.491 e. The molecule has 0 unspecified atom stereocenters. The van der Waals surface area contributed by atoms with Crippen molar-refractivity contribution in [3.63, 3.8) is 0 Å². The normalized spacial score (nSPS) is 9.92. The molecule has 0 aliphatic carbocycles. The van der Waals surface area contributed by atoms with Crippen LogP contribution in [0.25, 0.3) is 0 Å². The average Bonchev–Trinajstić information content (AvgIpc) is 2.07. The van der Waals surface area contributed by atoms with Crippen molar-refractivity contribution in [3.05, 3.63) is 26.8 Å².